The van der Waals surface area contributed by atoms with Crippen LogP contribution in [0, 0.1) is 20.8 Å². The number of fused-ring (bicyclic) bond motifs is 1. The summed E-state index contributed by atoms with van der Waals surface area (Å²) in [5, 5.41) is 2.65. The molecule has 0 unspecified atom stereocenters. The lowest BCUT2D eigenvalue weighted by atomic mass is 9.87. The molecule has 0 saturated carbocycles. The van der Waals surface area contributed by atoms with Gasteiger partial charge in [-0.3, -0.25) is 0 Å². The van der Waals surface area contributed by atoms with Crippen LogP contribution in [0.2, 0.25) is 0 Å². The van der Waals surface area contributed by atoms with E-state index >= 15 is 0 Å². The average Bonchev–Trinajstić information content (AvgIpc) is 2.64. The summed E-state index contributed by atoms with van der Waals surface area (Å²) in [5.41, 5.74) is 9.18. The lowest BCUT2D eigenvalue weighted by molar-refractivity contribution is 1.43. The van der Waals surface area contributed by atoms with E-state index in [1.165, 1.54) is 49.7 Å². The van der Waals surface area contributed by atoms with Crippen LogP contribution in [0.25, 0.3) is 33.0 Å². The van der Waals surface area contributed by atoms with Crippen molar-refractivity contribution in [3.05, 3.63) is 95.6 Å². The van der Waals surface area contributed by atoms with Crippen molar-refractivity contribution in [1.29, 1.82) is 0 Å². The predicted molar refractivity (Wildman–Crippen MR) is 109 cm³/mol. The topological polar surface area (TPSA) is 0 Å². The van der Waals surface area contributed by atoms with Gasteiger partial charge in [0, 0.05) is 0 Å². The van der Waals surface area contributed by atoms with Gasteiger partial charge in [0.1, 0.15) is 0 Å². The highest BCUT2D eigenvalue weighted by Crippen LogP contribution is 2.38. The van der Waals surface area contributed by atoms with E-state index in [1.807, 2.05) is 0 Å². The van der Waals surface area contributed by atoms with Crippen LogP contribution in [0.5, 0.6) is 0 Å². The molecule has 0 heterocycles. The fraction of sp³-hybridized carbons (Fsp3) is 0.120. The molecule has 0 aliphatic carbocycles. The Morgan fingerprint density at radius 3 is 1.88 bits per heavy atom. The molecule has 4 aromatic rings. The second-order valence-corrected chi connectivity index (χ2v) is 6.82. The molecule has 122 valence electrons. The van der Waals surface area contributed by atoms with Crippen LogP contribution in [-0.4, -0.2) is 0 Å². The summed E-state index contributed by atoms with van der Waals surface area (Å²) >= 11 is 0. The molecule has 0 N–H and O–H groups in total. The first-order chi connectivity index (χ1) is 12.1. The maximum absolute atomic E-state index is 2.37. The molecule has 0 atom stereocenters. The summed E-state index contributed by atoms with van der Waals surface area (Å²) in [4.78, 5) is 0. The van der Waals surface area contributed by atoms with Crippen LogP contribution in [0.4, 0.5) is 0 Å². The molecule has 0 fully saturated rings. The maximum atomic E-state index is 2.37. The Morgan fingerprint density at radius 1 is 0.520 bits per heavy atom. The molecule has 0 nitrogen and oxygen atoms in total. The number of hydrogen-bond donors (Lipinski definition) is 0. The van der Waals surface area contributed by atoms with E-state index in [1.54, 1.807) is 0 Å². The summed E-state index contributed by atoms with van der Waals surface area (Å²) in [7, 11) is 0. The summed E-state index contributed by atoms with van der Waals surface area (Å²) in [6.07, 6.45) is 0. The largest absolute Gasteiger partial charge is 0.0620 e. The zero-order valence-electron chi connectivity index (χ0n) is 15.0. The molecule has 0 bridgehead atoms. The quantitative estimate of drug-likeness (QED) is 0.369. The lowest BCUT2D eigenvalue weighted by Gasteiger charge is -2.16. The molecular weight excluding hydrogens is 300 g/mol. The highest BCUT2D eigenvalue weighted by Gasteiger charge is 2.13. The molecule has 0 aliphatic rings. The maximum Gasteiger partial charge on any atom is -0.00990 e. The van der Waals surface area contributed by atoms with E-state index in [2.05, 4.69) is 99.6 Å². The van der Waals surface area contributed by atoms with Crippen molar-refractivity contribution < 1.29 is 0 Å². The third-order valence-electron chi connectivity index (χ3n) is 5.11. The first-order valence-electron chi connectivity index (χ1n) is 8.80. The van der Waals surface area contributed by atoms with E-state index in [4.69, 9.17) is 0 Å². The molecule has 0 heteroatoms. The standard InChI is InChI=1S/C25H22/c1-17-12-14-20(15-13-17)25-16-24(21-9-5-4-8-18(21)2)19(3)22-10-6-7-11-23(22)25/h4-16H,1-3H3. The minimum atomic E-state index is 1.27. The normalized spacial score (nSPS) is 11.0. The molecule has 0 radical (unpaired) electrons. The summed E-state index contributed by atoms with van der Waals surface area (Å²) in [6, 6.07) is 28.6. The van der Waals surface area contributed by atoms with Crippen molar-refractivity contribution in [2.45, 2.75) is 20.8 Å². The highest BCUT2D eigenvalue weighted by molar-refractivity contribution is 6.02. The van der Waals surface area contributed by atoms with Crippen molar-refractivity contribution in [3.8, 4) is 22.3 Å². The number of rotatable bonds is 2. The third kappa shape index (κ3) is 2.74. The number of hydrogen-bond acceptors (Lipinski definition) is 0. The first kappa shape index (κ1) is 15.7. The summed E-state index contributed by atoms with van der Waals surface area (Å²) in [5.74, 6) is 0. The van der Waals surface area contributed by atoms with Crippen molar-refractivity contribution in [2.24, 2.45) is 0 Å². The minimum Gasteiger partial charge on any atom is -0.0620 e. The Balaban J connectivity index is 2.07. The number of aryl methyl sites for hydroxylation is 3. The van der Waals surface area contributed by atoms with Gasteiger partial charge in [0.2, 0.25) is 0 Å². The van der Waals surface area contributed by atoms with E-state index in [-0.39, 0.29) is 0 Å². The van der Waals surface area contributed by atoms with Crippen LogP contribution >= 0.6 is 0 Å². The molecule has 0 saturated heterocycles. The van der Waals surface area contributed by atoms with Crippen molar-refractivity contribution >= 4 is 10.8 Å². The average molecular weight is 322 g/mol. The van der Waals surface area contributed by atoms with Gasteiger partial charge >= 0.3 is 0 Å². The van der Waals surface area contributed by atoms with E-state index in [9.17, 15) is 0 Å². The fourth-order valence-electron chi connectivity index (χ4n) is 3.65. The second kappa shape index (κ2) is 6.22. The van der Waals surface area contributed by atoms with Crippen LogP contribution in [0.15, 0.2) is 78.9 Å². The fourth-order valence-corrected chi connectivity index (χ4v) is 3.65. The molecule has 0 aromatic heterocycles. The molecule has 4 aromatic carbocycles. The van der Waals surface area contributed by atoms with Crippen molar-refractivity contribution in [1.82, 2.24) is 0 Å². The smallest absolute Gasteiger partial charge is 0.00990 e. The molecule has 0 aliphatic heterocycles. The van der Waals surface area contributed by atoms with Gasteiger partial charge in [-0.05, 0) is 71.0 Å². The molecule has 0 spiro atoms. The molecular formula is C25H22. The van der Waals surface area contributed by atoms with Crippen molar-refractivity contribution in [2.75, 3.05) is 0 Å². The van der Waals surface area contributed by atoms with Gasteiger partial charge in [-0.2, -0.15) is 0 Å². The van der Waals surface area contributed by atoms with Crippen molar-refractivity contribution in [3.63, 3.8) is 0 Å². The van der Waals surface area contributed by atoms with Gasteiger partial charge in [-0.1, -0.05) is 78.4 Å². The van der Waals surface area contributed by atoms with Crippen LogP contribution < -0.4 is 0 Å². The molecule has 25 heavy (non-hydrogen) atoms. The third-order valence-corrected chi connectivity index (χ3v) is 5.11. The Labute approximate surface area is 149 Å². The first-order valence-corrected chi connectivity index (χ1v) is 8.80. The second-order valence-electron chi connectivity index (χ2n) is 6.82. The SMILES string of the molecule is Cc1ccc(-c2cc(-c3ccccc3C)c(C)c3ccccc23)cc1. The van der Waals surface area contributed by atoms with E-state index < -0.39 is 0 Å². The predicted octanol–water partition coefficient (Wildman–Crippen LogP) is 7.10. The summed E-state index contributed by atoms with van der Waals surface area (Å²) < 4.78 is 0. The Bertz CT molecular complexity index is 1050. The minimum absolute atomic E-state index is 1.27. The Morgan fingerprint density at radius 2 is 1.16 bits per heavy atom. The van der Waals surface area contributed by atoms with Crippen LogP contribution in [0.3, 0.4) is 0 Å². The summed E-state index contributed by atoms with van der Waals surface area (Å²) in [6.45, 7) is 6.56. The van der Waals surface area contributed by atoms with Gasteiger partial charge in [0.15, 0.2) is 0 Å². The highest BCUT2D eigenvalue weighted by atomic mass is 14.2. The van der Waals surface area contributed by atoms with E-state index in [0.29, 0.717) is 0 Å². The van der Waals surface area contributed by atoms with Gasteiger partial charge in [-0.25, -0.2) is 0 Å². The van der Waals surface area contributed by atoms with E-state index in [0.717, 1.165) is 0 Å². The van der Waals surface area contributed by atoms with Gasteiger partial charge in [0.05, 0.1) is 0 Å². The Hall–Kier alpha value is -2.86. The van der Waals surface area contributed by atoms with Crippen LogP contribution in [-0.2, 0) is 0 Å². The molecule has 4 rings (SSSR count). The zero-order valence-corrected chi connectivity index (χ0v) is 15.0. The number of benzene rings is 4. The Kier molecular flexibility index (Phi) is 3.89. The zero-order chi connectivity index (χ0) is 17.4. The van der Waals surface area contributed by atoms with Gasteiger partial charge in [0.25, 0.3) is 0 Å². The van der Waals surface area contributed by atoms with Gasteiger partial charge in [-0.15, -0.1) is 0 Å². The lowest BCUT2D eigenvalue weighted by Crippen LogP contribution is -1.92. The van der Waals surface area contributed by atoms with Gasteiger partial charge < -0.3 is 0 Å². The van der Waals surface area contributed by atoms with Crippen LogP contribution in [0.1, 0.15) is 16.7 Å². The molecule has 0 amide bonds. The monoisotopic (exact) mass is 322 g/mol.